The zero-order valence-electron chi connectivity index (χ0n) is 13.4. The number of thiophene rings is 1. The van der Waals surface area contributed by atoms with Gasteiger partial charge in [0.2, 0.25) is 0 Å². The quantitative estimate of drug-likeness (QED) is 0.494. The first-order valence-corrected chi connectivity index (χ1v) is 8.79. The lowest BCUT2D eigenvalue weighted by molar-refractivity contribution is 0.410. The maximum Gasteiger partial charge on any atom is 0.0390 e. The van der Waals surface area contributed by atoms with E-state index in [0.717, 1.165) is 5.92 Å². The van der Waals surface area contributed by atoms with Crippen molar-refractivity contribution in [2.24, 2.45) is 11.8 Å². The third kappa shape index (κ3) is 2.72. The molecule has 0 nitrogen and oxygen atoms in total. The molecule has 110 valence electrons. The maximum atomic E-state index is 2.36. The van der Waals surface area contributed by atoms with Gasteiger partial charge in [0.1, 0.15) is 0 Å². The molecule has 0 radical (unpaired) electrons. The van der Waals surface area contributed by atoms with Gasteiger partial charge >= 0.3 is 0 Å². The molecule has 1 unspecified atom stereocenters. The van der Waals surface area contributed by atoms with Gasteiger partial charge in [-0.3, -0.25) is 0 Å². The molecule has 21 heavy (non-hydrogen) atoms. The fourth-order valence-electron chi connectivity index (χ4n) is 3.33. The molecule has 1 heteroatoms. The van der Waals surface area contributed by atoms with E-state index in [9.17, 15) is 0 Å². The second-order valence-electron chi connectivity index (χ2n) is 6.80. The Hall–Kier alpha value is -1.34. The van der Waals surface area contributed by atoms with E-state index < -0.39 is 0 Å². The minimum atomic E-state index is 0.654. The summed E-state index contributed by atoms with van der Waals surface area (Å²) in [7, 11) is 0. The normalized spacial score (nSPS) is 13.6. The second-order valence-corrected chi connectivity index (χ2v) is 7.85. The zero-order chi connectivity index (χ0) is 15.0. The second kappa shape index (κ2) is 5.81. The summed E-state index contributed by atoms with van der Waals surface area (Å²) in [5.74, 6) is 2.08. The summed E-state index contributed by atoms with van der Waals surface area (Å²) in [5.41, 5.74) is 1.55. The van der Waals surface area contributed by atoms with Gasteiger partial charge in [-0.05, 0) is 35.8 Å². The highest BCUT2D eigenvalue weighted by molar-refractivity contribution is 7.26. The Morgan fingerprint density at radius 3 is 2.29 bits per heavy atom. The number of hydrogen-bond acceptors (Lipinski definition) is 1. The van der Waals surface area contributed by atoms with Gasteiger partial charge in [-0.1, -0.05) is 64.1 Å². The highest BCUT2D eigenvalue weighted by Crippen LogP contribution is 2.41. The molecule has 3 rings (SSSR count). The third-order valence-corrected chi connectivity index (χ3v) is 5.60. The van der Waals surface area contributed by atoms with Gasteiger partial charge < -0.3 is 0 Å². The van der Waals surface area contributed by atoms with Crippen LogP contribution in [0.15, 0.2) is 42.5 Å². The van der Waals surface area contributed by atoms with Crippen LogP contribution < -0.4 is 0 Å². The smallest absolute Gasteiger partial charge is 0.0390 e. The monoisotopic (exact) mass is 296 g/mol. The fourth-order valence-corrected chi connectivity index (χ4v) is 4.61. The third-order valence-electron chi connectivity index (χ3n) is 4.36. The molecule has 3 aromatic rings. The lowest BCUT2D eigenvalue weighted by atomic mass is 9.82. The summed E-state index contributed by atoms with van der Waals surface area (Å²) >= 11 is 1.96. The van der Waals surface area contributed by atoms with Gasteiger partial charge in [-0.15, -0.1) is 11.3 Å². The van der Waals surface area contributed by atoms with E-state index in [1.165, 1.54) is 26.6 Å². The number of fused-ring (bicyclic) bond motifs is 3. The first kappa shape index (κ1) is 14.6. The van der Waals surface area contributed by atoms with Crippen LogP contribution in [-0.2, 0) is 0 Å². The largest absolute Gasteiger partial charge is 0.135 e. The highest BCUT2D eigenvalue weighted by atomic mass is 32.1. The Kier molecular flexibility index (Phi) is 4.03. The van der Waals surface area contributed by atoms with Crippen LogP contribution in [0.3, 0.4) is 0 Å². The molecule has 1 heterocycles. The summed E-state index contributed by atoms with van der Waals surface area (Å²) in [6.07, 6.45) is 1.27. The Bertz CT molecular complexity index is 749. The summed E-state index contributed by atoms with van der Waals surface area (Å²) in [6.45, 7) is 9.39. The first-order chi connectivity index (χ1) is 10.1. The number of hydrogen-bond donors (Lipinski definition) is 0. The van der Waals surface area contributed by atoms with Crippen LogP contribution in [-0.4, -0.2) is 0 Å². The van der Waals surface area contributed by atoms with Crippen LogP contribution >= 0.6 is 11.3 Å². The number of rotatable bonds is 4. The van der Waals surface area contributed by atoms with E-state index in [-0.39, 0.29) is 0 Å². The van der Waals surface area contributed by atoms with Crippen LogP contribution in [0.1, 0.15) is 45.6 Å². The van der Waals surface area contributed by atoms with Crippen molar-refractivity contribution in [2.75, 3.05) is 0 Å². The van der Waals surface area contributed by atoms with Crippen molar-refractivity contribution in [3.05, 3.63) is 48.0 Å². The highest BCUT2D eigenvalue weighted by Gasteiger charge is 2.20. The van der Waals surface area contributed by atoms with Gasteiger partial charge in [0.25, 0.3) is 0 Å². The molecule has 0 bridgehead atoms. The molecule has 0 saturated heterocycles. The minimum absolute atomic E-state index is 0.654. The average molecular weight is 296 g/mol. The summed E-state index contributed by atoms with van der Waals surface area (Å²) in [4.78, 5) is 0. The van der Waals surface area contributed by atoms with Crippen molar-refractivity contribution < 1.29 is 0 Å². The van der Waals surface area contributed by atoms with Crippen molar-refractivity contribution in [1.82, 2.24) is 0 Å². The van der Waals surface area contributed by atoms with Crippen molar-refractivity contribution in [2.45, 2.75) is 40.0 Å². The van der Waals surface area contributed by atoms with E-state index in [1.54, 1.807) is 5.56 Å². The molecule has 0 aliphatic rings. The van der Waals surface area contributed by atoms with Gasteiger partial charge in [-0.2, -0.15) is 0 Å². The van der Waals surface area contributed by atoms with Crippen LogP contribution in [0, 0.1) is 11.8 Å². The molecule has 1 atom stereocenters. The van der Waals surface area contributed by atoms with Crippen molar-refractivity contribution in [3.8, 4) is 0 Å². The molecular formula is C20H24S. The topological polar surface area (TPSA) is 0 Å². The van der Waals surface area contributed by atoms with Gasteiger partial charge in [0, 0.05) is 20.2 Å². The van der Waals surface area contributed by atoms with Crippen LogP contribution in [0.5, 0.6) is 0 Å². The molecule has 2 aromatic carbocycles. The molecule has 0 spiro atoms. The Balaban J connectivity index is 2.21. The molecule has 0 N–H and O–H groups in total. The summed E-state index contributed by atoms with van der Waals surface area (Å²) < 4.78 is 2.91. The SMILES string of the molecule is CC(C)CC(c1cccc2c1sc1ccccc12)C(C)C. The molecule has 0 saturated carbocycles. The van der Waals surface area contributed by atoms with Crippen molar-refractivity contribution >= 4 is 31.5 Å². The van der Waals surface area contributed by atoms with Crippen LogP contribution in [0.25, 0.3) is 20.2 Å². The van der Waals surface area contributed by atoms with Gasteiger partial charge in [0.15, 0.2) is 0 Å². The lowest BCUT2D eigenvalue weighted by Gasteiger charge is -2.24. The van der Waals surface area contributed by atoms with Gasteiger partial charge in [0.05, 0.1) is 0 Å². The minimum Gasteiger partial charge on any atom is -0.135 e. The standard InChI is InChI=1S/C20H24S/c1-13(2)12-18(14(3)4)17-10-7-9-16-15-8-5-6-11-19(15)21-20(16)17/h5-11,13-14,18H,12H2,1-4H3. The van der Waals surface area contributed by atoms with E-state index >= 15 is 0 Å². The molecule has 1 aromatic heterocycles. The maximum absolute atomic E-state index is 2.36. The van der Waals surface area contributed by atoms with E-state index in [0.29, 0.717) is 11.8 Å². The van der Waals surface area contributed by atoms with E-state index in [1.807, 2.05) is 11.3 Å². The molecule has 0 aliphatic heterocycles. The summed E-state index contributed by atoms with van der Waals surface area (Å²) in [6, 6.07) is 15.7. The Labute approximate surface area is 131 Å². The zero-order valence-corrected chi connectivity index (χ0v) is 14.2. The molecular weight excluding hydrogens is 272 g/mol. The predicted octanol–water partition coefficient (Wildman–Crippen LogP) is 6.84. The summed E-state index contributed by atoms with van der Waals surface area (Å²) in [5, 5.41) is 2.84. The first-order valence-electron chi connectivity index (χ1n) is 7.98. The fraction of sp³-hybridized carbons (Fsp3) is 0.400. The predicted molar refractivity (Wildman–Crippen MR) is 96.4 cm³/mol. The van der Waals surface area contributed by atoms with Gasteiger partial charge in [-0.25, -0.2) is 0 Å². The molecule has 0 fully saturated rings. The lowest BCUT2D eigenvalue weighted by Crippen LogP contribution is -2.10. The van der Waals surface area contributed by atoms with Crippen LogP contribution in [0.2, 0.25) is 0 Å². The van der Waals surface area contributed by atoms with Crippen LogP contribution in [0.4, 0.5) is 0 Å². The molecule has 0 amide bonds. The molecule has 0 aliphatic carbocycles. The van der Waals surface area contributed by atoms with E-state index in [4.69, 9.17) is 0 Å². The number of benzene rings is 2. The Morgan fingerprint density at radius 2 is 1.57 bits per heavy atom. The van der Waals surface area contributed by atoms with E-state index in [2.05, 4.69) is 70.2 Å². The Morgan fingerprint density at radius 1 is 0.857 bits per heavy atom. The van der Waals surface area contributed by atoms with Crippen molar-refractivity contribution in [3.63, 3.8) is 0 Å². The average Bonchev–Trinajstić information content (AvgIpc) is 2.83. The van der Waals surface area contributed by atoms with Crippen molar-refractivity contribution in [1.29, 1.82) is 0 Å².